The van der Waals surface area contributed by atoms with E-state index in [1.165, 1.54) is 12.8 Å². The summed E-state index contributed by atoms with van der Waals surface area (Å²) in [7, 11) is 0. The number of rotatable bonds is 5. The van der Waals surface area contributed by atoms with Crippen molar-refractivity contribution in [3.05, 3.63) is 53.3 Å². The van der Waals surface area contributed by atoms with E-state index >= 15 is 0 Å². The molecule has 138 valence electrons. The maximum absolute atomic E-state index is 13.1. The van der Waals surface area contributed by atoms with Gasteiger partial charge in [0.1, 0.15) is 11.8 Å². The maximum Gasteiger partial charge on any atom is 0.274 e. The van der Waals surface area contributed by atoms with Crippen LogP contribution in [0.2, 0.25) is 0 Å². The van der Waals surface area contributed by atoms with E-state index in [0.717, 1.165) is 17.7 Å². The van der Waals surface area contributed by atoms with Crippen molar-refractivity contribution in [2.45, 2.75) is 45.3 Å². The van der Waals surface area contributed by atoms with E-state index in [9.17, 15) is 4.79 Å². The molecular weight excluding hydrogens is 326 g/mol. The lowest BCUT2D eigenvalue weighted by Gasteiger charge is -2.38. The molecule has 26 heavy (non-hydrogen) atoms. The Balaban J connectivity index is 1.52. The second-order valence-corrected chi connectivity index (χ2v) is 8.00. The van der Waals surface area contributed by atoms with Crippen molar-refractivity contribution in [1.82, 2.24) is 15.1 Å². The zero-order chi connectivity index (χ0) is 18.1. The summed E-state index contributed by atoms with van der Waals surface area (Å²) < 4.78 is 6.35. The number of hydrogen-bond acceptors (Lipinski definition) is 3. The second kappa shape index (κ2) is 7.23. The van der Waals surface area contributed by atoms with E-state index in [2.05, 4.69) is 36.2 Å². The monoisotopic (exact) mass is 353 g/mol. The summed E-state index contributed by atoms with van der Waals surface area (Å²) in [6.07, 6.45) is 3.38. The van der Waals surface area contributed by atoms with Gasteiger partial charge in [0.25, 0.3) is 5.91 Å². The second-order valence-electron chi connectivity index (χ2n) is 8.00. The van der Waals surface area contributed by atoms with Crippen molar-refractivity contribution in [3.63, 3.8) is 0 Å². The van der Waals surface area contributed by atoms with Crippen LogP contribution in [0.3, 0.4) is 0 Å². The van der Waals surface area contributed by atoms with Gasteiger partial charge < -0.3 is 9.64 Å². The van der Waals surface area contributed by atoms with Crippen LogP contribution in [0, 0.1) is 11.8 Å². The summed E-state index contributed by atoms with van der Waals surface area (Å²) >= 11 is 0. The smallest absolute Gasteiger partial charge is 0.274 e. The molecule has 0 radical (unpaired) electrons. The molecule has 0 bridgehead atoms. The van der Waals surface area contributed by atoms with Crippen molar-refractivity contribution in [2.75, 3.05) is 13.1 Å². The number of benzene rings is 1. The Bertz CT molecular complexity index is 752. The van der Waals surface area contributed by atoms with Crippen LogP contribution in [-0.2, 0) is 11.2 Å². The zero-order valence-corrected chi connectivity index (χ0v) is 15.5. The lowest BCUT2D eigenvalue weighted by Crippen LogP contribution is -2.47. The van der Waals surface area contributed by atoms with Crippen LogP contribution in [0.15, 0.2) is 36.4 Å². The molecule has 5 heteroatoms. The van der Waals surface area contributed by atoms with Crippen molar-refractivity contribution in [2.24, 2.45) is 11.8 Å². The molecular formula is C21H27N3O2. The van der Waals surface area contributed by atoms with Gasteiger partial charge >= 0.3 is 0 Å². The van der Waals surface area contributed by atoms with Gasteiger partial charge in [0.05, 0.1) is 12.6 Å². The highest BCUT2D eigenvalue weighted by Gasteiger charge is 2.40. The largest absolute Gasteiger partial charge is 0.366 e. The van der Waals surface area contributed by atoms with Crippen LogP contribution in [0.25, 0.3) is 0 Å². The first-order chi connectivity index (χ1) is 12.6. The van der Waals surface area contributed by atoms with Gasteiger partial charge in [-0.15, -0.1) is 0 Å². The highest BCUT2D eigenvalue weighted by Crippen LogP contribution is 2.39. The topological polar surface area (TPSA) is 58.2 Å². The van der Waals surface area contributed by atoms with Gasteiger partial charge in [-0.25, -0.2) is 0 Å². The Hall–Kier alpha value is -2.14. The molecule has 4 rings (SSSR count). The molecule has 1 aromatic carbocycles. The summed E-state index contributed by atoms with van der Waals surface area (Å²) in [5, 5.41) is 7.29. The predicted molar refractivity (Wildman–Crippen MR) is 99.8 cm³/mol. The molecule has 2 aliphatic rings. The number of ether oxygens (including phenoxy) is 1. The molecule has 0 spiro atoms. The van der Waals surface area contributed by atoms with E-state index < -0.39 is 0 Å². The van der Waals surface area contributed by atoms with Crippen molar-refractivity contribution < 1.29 is 9.53 Å². The SMILES string of the molecule is CC(C)Cc1cc(C(=O)N2C[C@@H](c3ccccc3)O[C@@H](C3CC3)C2)n[nH]1. The number of amides is 1. The highest BCUT2D eigenvalue weighted by atomic mass is 16.5. The van der Waals surface area contributed by atoms with Gasteiger partial charge in [-0.05, 0) is 42.7 Å². The first-order valence-corrected chi connectivity index (χ1v) is 9.64. The Labute approximate surface area is 154 Å². The predicted octanol–water partition coefficient (Wildman–Crippen LogP) is 3.60. The average molecular weight is 353 g/mol. The summed E-state index contributed by atoms with van der Waals surface area (Å²) in [5.41, 5.74) is 2.68. The summed E-state index contributed by atoms with van der Waals surface area (Å²) in [6, 6.07) is 12.1. The van der Waals surface area contributed by atoms with Gasteiger partial charge in [0.2, 0.25) is 0 Å². The van der Waals surface area contributed by atoms with Crippen molar-refractivity contribution in [3.8, 4) is 0 Å². The van der Waals surface area contributed by atoms with E-state index in [1.54, 1.807) is 0 Å². The summed E-state index contributed by atoms with van der Waals surface area (Å²) in [5.74, 6) is 1.13. The number of H-pyrrole nitrogens is 1. The molecule has 2 aromatic rings. The third-order valence-electron chi connectivity index (χ3n) is 5.21. The minimum absolute atomic E-state index is 0.00568. The Morgan fingerprint density at radius 1 is 1.27 bits per heavy atom. The van der Waals surface area contributed by atoms with E-state index in [1.807, 2.05) is 29.2 Å². The number of morpholine rings is 1. The third-order valence-corrected chi connectivity index (χ3v) is 5.21. The van der Waals surface area contributed by atoms with E-state index in [-0.39, 0.29) is 18.1 Å². The molecule has 2 atom stereocenters. The Morgan fingerprint density at radius 3 is 2.73 bits per heavy atom. The molecule has 1 saturated heterocycles. The van der Waals surface area contributed by atoms with Gasteiger partial charge in [-0.2, -0.15) is 5.10 Å². The molecule has 2 heterocycles. The summed E-state index contributed by atoms with van der Waals surface area (Å²) in [4.78, 5) is 15.0. The van der Waals surface area contributed by atoms with Crippen molar-refractivity contribution in [1.29, 1.82) is 0 Å². The fourth-order valence-electron chi connectivity index (χ4n) is 3.71. The van der Waals surface area contributed by atoms with Gasteiger partial charge in [0, 0.05) is 12.2 Å². The molecule has 5 nitrogen and oxygen atoms in total. The Kier molecular flexibility index (Phi) is 4.81. The van der Waals surface area contributed by atoms with E-state index in [4.69, 9.17) is 4.74 Å². The first-order valence-electron chi connectivity index (χ1n) is 9.64. The molecule has 1 amide bonds. The lowest BCUT2D eigenvalue weighted by molar-refractivity contribution is -0.0865. The number of carbonyl (C=O) groups is 1. The molecule has 0 unspecified atom stereocenters. The third kappa shape index (κ3) is 3.83. The first kappa shape index (κ1) is 17.3. The molecule has 1 aromatic heterocycles. The fraction of sp³-hybridized carbons (Fsp3) is 0.524. The van der Waals surface area contributed by atoms with Gasteiger partial charge in [-0.1, -0.05) is 44.2 Å². The van der Waals surface area contributed by atoms with Gasteiger partial charge in [-0.3, -0.25) is 9.89 Å². The van der Waals surface area contributed by atoms with E-state index in [0.29, 0.717) is 30.6 Å². The fourth-order valence-corrected chi connectivity index (χ4v) is 3.71. The van der Waals surface area contributed by atoms with Crippen LogP contribution < -0.4 is 0 Å². The van der Waals surface area contributed by atoms with Crippen LogP contribution in [0.5, 0.6) is 0 Å². The molecule has 1 aliphatic carbocycles. The number of nitrogens with one attached hydrogen (secondary N) is 1. The lowest BCUT2D eigenvalue weighted by atomic mass is 10.0. The van der Waals surface area contributed by atoms with Crippen LogP contribution >= 0.6 is 0 Å². The number of carbonyl (C=O) groups excluding carboxylic acids is 1. The number of nitrogens with zero attached hydrogens (tertiary/aromatic N) is 2. The average Bonchev–Trinajstić information content (AvgIpc) is 3.41. The molecule has 1 N–H and O–H groups in total. The van der Waals surface area contributed by atoms with Gasteiger partial charge in [0.15, 0.2) is 0 Å². The number of aromatic amines is 1. The minimum Gasteiger partial charge on any atom is -0.366 e. The summed E-state index contributed by atoms with van der Waals surface area (Å²) in [6.45, 7) is 5.57. The maximum atomic E-state index is 13.1. The number of hydrogen-bond donors (Lipinski definition) is 1. The molecule has 1 saturated carbocycles. The Morgan fingerprint density at radius 2 is 2.04 bits per heavy atom. The zero-order valence-electron chi connectivity index (χ0n) is 15.5. The molecule has 1 aliphatic heterocycles. The molecule has 2 fully saturated rings. The van der Waals surface area contributed by atoms with Crippen LogP contribution in [-0.4, -0.2) is 40.2 Å². The highest BCUT2D eigenvalue weighted by molar-refractivity contribution is 5.92. The quantitative estimate of drug-likeness (QED) is 0.893. The standard InChI is InChI=1S/C21H27N3O2/c1-14(2)10-17-11-18(23-22-17)21(25)24-12-19(15-6-4-3-5-7-15)26-20(13-24)16-8-9-16/h3-7,11,14,16,19-20H,8-10,12-13H2,1-2H3,(H,22,23)/t19-,20+/m0/s1. The normalized spacial score (nSPS) is 23.4. The van der Waals surface area contributed by atoms with Crippen molar-refractivity contribution >= 4 is 5.91 Å². The number of aromatic nitrogens is 2. The minimum atomic E-state index is -0.0615. The van der Waals surface area contributed by atoms with Crippen LogP contribution in [0.1, 0.15) is 54.5 Å². The van der Waals surface area contributed by atoms with Crippen LogP contribution in [0.4, 0.5) is 0 Å².